The van der Waals surface area contributed by atoms with E-state index in [1.54, 1.807) is 6.07 Å². The van der Waals surface area contributed by atoms with Gasteiger partial charge in [0.05, 0.1) is 23.4 Å². The molecule has 1 N–H and O–H groups in total. The van der Waals surface area contributed by atoms with Crippen LogP contribution < -0.4 is 10.1 Å². The quantitative estimate of drug-likeness (QED) is 0.685. The van der Waals surface area contributed by atoms with Gasteiger partial charge in [0.2, 0.25) is 11.8 Å². The van der Waals surface area contributed by atoms with Crippen molar-refractivity contribution >= 4 is 11.6 Å². The third-order valence-electron chi connectivity index (χ3n) is 5.38. The summed E-state index contributed by atoms with van der Waals surface area (Å²) in [5.74, 6) is 0.513. The van der Waals surface area contributed by atoms with Crippen molar-refractivity contribution in [3.05, 3.63) is 53.2 Å². The van der Waals surface area contributed by atoms with Crippen LogP contribution in [0.3, 0.4) is 0 Å². The van der Waals surface area contributed by atoms with Crippen molar-refractivity contribution in [3.63, 3.8) is 0 Å². The van der Waals surface area contributed by atoms with E-state index < -0.39 is 5.41 Å². The molecule has 6 heteroatoms. The molecule has 0 saturated carbocycles. The summed E-state index contributed by atoms with van der Waals surface area (Å²) in [6, 6.07) is 11.8. The third kappa shape index (κ3) is 5.14. The topological polar surface area (TPSA) is 69.7 Å². The van der Waals surface area contributed by atoms with Crippen molar-refractivity contribution in [1.29, 1.82) is 0 Å². The second kappa shape index (κ2) is 9.85. The van der Waals surface area contributed by atoms with Gasteiger partial charge in [-0.15, -0.1) is 0 Å². The number of aryl methyl sites for hydroxylation is 2. The van der Waals surface area contributed by atoms with E-state index in [0.717, 1.165) is 11.3 Å². The fourth-order valence-corrected chi connectivity index (χ4v) is 3.58. The first-order valence-corrected chi connectivity index (χ1v) is 10.2. The van der Waals surface area contributed by atoms with Crippen LogP contribution in [0, 0.1) is 13.8 Å². The predicted octanol–water partition coefficient (Wildman–Crippen LogP) is 3.80. The Labute approximate surface area is 172 Å². The molecule has 0 bridgehead atoms. The monoisotopic (exact) mass is 398 g/mol. The lowest BCUT2D eigenvalue weighted by Gasteiger charge is -2.36. The highest BCUT2D eigenvalue weighted by Gasteiger charge is 2.41. The van der Waals surface area contributed by atoms with Crippen molar-refractivity contribution in [2.75, 3.05) is 38.4 Å². The number of aromatic nitrogens is 1. The van der Waals surface area contributed by atoms with Crippen LogP contribution in [0.15, 0.2) is 36.4 Å². The minimum Gasteiger partial charge on any atom is -0.475 e. The Morgan fingerprint density at radius 3 is 2.48 bits per heavy atom. The average Bonchev–Trinajstić information content (AvgIpc) is 2.74. The van der Waals surface area contributed by atoms with Crippen LogP contribution >= 0.6 is 0 Å². The van der Waals surface area contributed by atoms with Crippen LogP contribution in [0.5, 0.6) is 5.88 Å². The summed E-state index contributed by atoms with van der Waals surface area (Å²) in [5, 5.41) is 3.10. The summed E-state index contributed by atoms with van der Waals surface area (Å²) in [6.45, 7) is 8.65. The number of hydrogen-bond acceptors (Lipinski definition) is 5. The van der Waals surface area contributed by atoms with Gasteiger partial charge in [-0.3, -0.25) is 4.79 Å². The lowest BCUT2D eigenvalue weighted by atomic mass is 9.73. The molecular formula is C23H30N2O4. The minimum absolute atomic E-state index is 0.0143. The first-order valence-electron chi connectivity index (χ1n) is 10.2. The molecule has 1 amide bonds. The highest BCUT2D eigenvalue weighted by Crippen LogP contribution is 2.36. The Bertz CT molecular complexity index is 814. The number of hydrogen-bond donors (Lipinski definition) is 1. The van der Waals surface area contributed by atoms with E-state index in [1.807, 2.05) is 26.8 Å². The molecule has 2 aromatic rings. The second-order valence-corrected chi connectivity index (χ2v) is 7.34. The zero-order valence-corrected chi connectivity index (χ0v) is 17.5. The number of nitrogens with zero attached hydrogens (tertiary/aromatic N) is 1. The molecule has 0 aliphatic carbocycles. The van der Waals surface area contributed by atoms with E-state index in [0.29, 0.717) is 57.4 Å². The first kappa shape index (κ1) is 21.3. The van der Waals surface area contributed by atoms with E-state index in [4.69, 9.17) is 14.2 Å². The molecule has 3 rings (SSSR count). The normalized spacial score (nSPS) is 15.7. The molecule has 1 aromatic heterocycles. The smallest absolute Gasteiger partial charge is 0.235 e. The van der Waals surface area contributed by atoms with Crippen LogP contribution in [-0.2, 0) is 19.7 Å². The van der Waals surface area contributed by atoms with Gasteiger partial charge < -0.3 is 19.5 Å². The first-order chi connectivity index (χ1) is 14.0. The van der Waals surface area contributed by atoms with Crippen molar-refractivity contribution in [2.45, 2.75) is 39.0 Å². The standard InChI is InChI=1S/C23H30N2O4/c1-4-27-15-16-29-21-10-9-20(18(3)24-21)25-22(26)23(11-13-28-14-12-23)19-7-5-17(2)6-8-19/h5-10H,4,11-16H2,1-3H3,(H,25,26). The summed E-state index contributed by atoms with van der Waals surface area (Å²) in [4.78, 5) is 17.9. The predicted molar refractivity (Wildman–Crippen MR) is 113 cm³/mol. The van der Waals surface area contributed by atoms with Gasteiger partial charge in [-0.25, -0.2) is 4.98 Å². The largest absolute Gasteiger partial charge is 0.475 e. The molecular weight excluding hydrogens is 368 g/mol. The van der Waals surface area contributed by atoms with Gasteiger partial charge in [-0.1, -0.05) is 29.8 Å². The average molecular weight is 399 g/mol. The van der Waals surface area contributed by atoms with E-state index in [2.05, 4.69) is 34.6 Å². The fraction of sp³-hybridized carbons (Fsp3) is 0.478. The summed E-state index contributed by atoms with van der Waals surface area (Å²) < 4.78 is 16.4. The fourth-order valence-electron chi connectivity index (χ4n) is 3.58. The maximum Gasteiger partial charge on any atom is 0.235 e. The number of nitrogens with one attached hydrogen (secondary N) is 1. The second-order valence-electron chi connectivity index (χ2n) is 7.34. The van der Waals surface area contributed by atoms with Crippen molar-refractivity contribution < 1.29 is 19.0 Å². The lowest BCUT2D eigenvalue weighted by molar-refractivity contribution is -0.125. The molecule has 1 aliphatic rings. The number of carbonyl (C=O) groups excluding carboxylic acids is 1. The Hall–Kier alpha value is -2.44. The van der Waals surface area contributed by atoms with E-state index in [9.17, 15) is 4.79 Å². The van der Waals surface area contributed by atoms with Gasteiger partial charge in [-0.05, 0) is 45.2 Å². The molecule has 6 nitrogen and oxygen atoms in total. The number of benzene rings is 1. The molecule has 0 atom stereocenters. The van der Waals surface area contributed by atoms with Crippen molar-refractivity contribution in [1.82, 2.24) is 4.98 Å². The van der Waals surface area contributed by atoms with E-state index in [1.165, 1.54) is 5.56 Å². The highest BCUT2D eigenvalue weighted by molar-refractivity contribution is 5.99. The molecule has 1 fully saturated rings. The molecule has 29 heavy (non-hydrogen) atoms. The van der Waals surface area contributed by atoms with Gasteiger partial charge in [0.25, 0.3) is 0 Å². The number of carbonyl (C=O) groups is 1. The van der Waals surface area contributed by atoms with Crippen LogP contribution in [-0.4, -0.2) is 43.9 Å². The molecule has 1 aliphatic heterocycles. The highest BCUT2D eigenvalue weighted by atomic mass is 16.5. The zero-order chi connectivity index (χ0) is 20.7. The van der Waals surface area contributed by atoms with Gasteiger partial charge in [0.1, 0.15) is 6.61 Å². The number of anilines is 1. The SMILES string of the molecule is CCOCCOc1ccc(NC(=O)C2(c3ccc(C)cc3)CCOCC2)c(C)n1. The van der Waals surface area contributed by atoms with E-state index in [-0.39, 0.29) is 5.91 Å². The van der Waals surface area contributed by atoms with Crippen LogP contribution in [0.2, 0.25) is 0 Å². The number of rotatable bonds is 8. The Kier molecular flexibility index (Phi) is 7.23. The van der Waals surface area contributed by atoms with Crippen LogP contribution in [0.4, 0.5) is 5.69 Å². The summed E-state index contributed by atoms with van der Waals surface area (Å²) >= 11 is 0. The van der Waals surface area contributed by atoms with Gasteiger partial charge >= 0.3 is 0 Å². The summed E-state index contributed by atoms with van der Waals surface area (Å²) in [5.41, 5.74) is 3.04. The maximum absolute atomic E-state index is 13.4. The lowest BCUT2D eigenvalue weighted by Crippen LogP contribution is -2.45. The number of pyridine rings is 1. The third-order valence-corrected chi connectivity index (χ3v) is 5.38. The molecule has 0 unspecified atom stereocenters. The van der Waals surface area contributed by atoms with Crippen molar-refractivity contribution in [2.24, 2.45) is 0 Å². The van der Waals surface area contributed by atoms with Gasteiger partial charge in [0.15, 0.2) is 0 Å². The Morgan fingerprint density at radius 1 is 1.10 bits per heavy atom. The maximum atomic E-state index is 13.4. The van der Waals surface area contributed by atoms with Crippen LogP contribution in [0.25, 0.3) is 0 Å². The molecule has 1 aromatic carbocycles. The molecule has 2 heterocycles. The zero-order valence-electron chi connectivity index (χ0n) is 17.5. The van der Waals surface area contributed by atoms with Gasteiger partial charge in [0, 0.05) is 25.9 Å². The van der Waals surface area contributed by atoms with Crippen LogP contribution in [0.1, 0.15) is 36.6 Å². The molecule has 156 valence electrons. The number of ether oxygens (including phenoxy) is 3. The molecule has 1 saturated heterocycles. The van der Waals surface area contributed by atoms with Gasteiger partial charge in [-0.2, -0.15) is 0 Å². The summed E-state index contributed by atoms with van der Waals surface area (Å²) in [6.07, 6.45) is 1.32. The number of amides is 1. The van der Waals surface area contributed by atoms with E-state index >= 15 is 0 Å². The van der Waals surface area contributed by atoms with Crippen molar-refractivity contribution in [3.8, 4) is 5.88 Å². The minimum atomic E-state index is -0.592. The molecule has 0 radical (unpaired) electrons. The summed E-state index contributed by atoms with van der Waals surface area (Å²) in [7, 11) is 0. The molecule has 0 spiro atoms. The Balaban J connectivity index is 1.75. The Morgan fingerprint density at radius 2 is 1.83 bits per heavy atom.